The smallest absolute Gasteiger partial charge is 0.541 e. The molecule has 0 amide bonds. The van der Waals surface area contributed by atoms with E-state index >= 15 is 0 Å². The van der Waals surface area contributed by atoms with E-state index in [1.54, 1.807) is 19.4 Å². The van der Waals surface area contributed by atoms with Crippen molar-refractivity contribution < 1.29 is 70.8 Å². The van der Waals surface area contributed by atoms with Gasteiger partial charge < -0.3 is 14.6 Å². The fourth-order valence-electron chi connectivity index (χ4n) is 2.58. The van der Waals surface area contributed by atoms with Crippen LogP contribution in [0.4, 0.5) is 0 Å². The van der Waals surface area contributed by atoms with Crippen molar-refractivity contribution in [3.63, 3.8) is 0 Å². The number of rotatable bonds is 4. The minimum absolute atomic E-state index is 0. The number of hydrogen-bond acceptors (Lipinski definition) is 5. The molecule has 0 saturated heterocycles. The molecule has 0 atom stereocenters. The van der Waals surface area contributed by atoms with E-state index in [9.17, 15) is 14.7 Å². The number of allylic oxidation sites excluding steroid dienone is 1. The van der Waals surface area contributed by atoms with Crippen molar-refractivity contribution in [3.05, 3.63) is 53.9 Å². The maximum Gasteiger partial charge on any atom is 1.00 e. The number of Topliss-reactive ketones (excluding diaryl/α,β-unsaturated/α-hetero) is 1. The van der Waals surface area contributed by atoms with E-state index in [4.69, 9.17) is 4.74 Å². The number of ether oxygens (including phenoxy) is 1. The summed E-state index contributed by atoms with van der Waals surface area (Å²) < 4.78 is 5.13. The van der Waals surface area contributed by atoms with Gasteiger partial charge in [0.05, 0.1) is 12.8 Å². The van der Waals surface area contributed by atoms with E-state index < -0.39 is 11.8 Å². The first-order valence-electron chi connectivity index (χ1n) is 6.70. The van der Waals surface area contributed by atoms with E-state index in [1.165, 1.54) is 0 Å². The number of hydrogen-bond donors (Lipinski definition) is 0. The van der Waals surface area contributed by atoms with E-state index in [-0.39, 0.29) is 57.0 Å². The predicted molar refractivity (Wildman–Crippen MR) is 77.9 cm³/mol. The molecule has 3 rings (SSSR count). The number of nitrogens with zero attached hydrogens (tertiary/aromatic N) is 1. The third kappa shape index (κ3) is 3.46. The Morgan fingerprint density at radius 1 is 1.17 bits per heavy atom. The van der Waals surface area contributed by atoms with Gasteiger partial charge in [0.2, 0.25) is 5.78 Å². The van der Waals surface area contributed by atoms with Gasteiger partial charge >= 0.3 is 51.4 Å². The van der Waals surface area contributed by atoms with E-state index in [1.807, 2.05) is 30.3 Å². The van der Waals surface area contributed by atoms with Gasteiger partial charge in [-0.2, -0.15) is 0 Å². The summed E-state index contributed by atoms with van der Waals surface area (Å²) in [4.78, 5) is 26.6. The normalized spacial score (nSPS) is 12.0. The first-order valence-corrected chi connectivity index (χ1v) is 6.70. The van der Waals surface area contributed by atoms with Gasteiger partial charge in [0.15, 0.2) is 0 Å². The number of carboxylic acid groups (broad SMARTS) is 1. The van der Waals surface area contributed by atoms with Crippen molar-refractivity contribution in [3.8, 4) is 16.9 Å². The van der Waals surface area contributed by atoms with Crippen molar-refractivity contribution in [2.75, 3.05) is 7.11 Å². The molecule has 1 heterocycles. The number of methoxy groups -OCH3 is 1. The molecule has 0 radical (unpaired) electrons. The Labute approximate surface area is 175 Å². The molecule has 1 aromatic heterocycles. The summed E-state index contributed by atoms with van der Waals surface area (Å²) in [6.07, 6.45) is 3.63. The Morgan fingerprint density at radius 3 is 2.48 bits per heavy atom. The zero-order valence-corrected chi connectivity index (χ0v) is 16.0. The molecule has 6 heteroatoms. The Hall–Kier alpha value is -1.31. The summed E-state index contributed by atoms with van der Waals surface area (Å²) in [6, 6.07) is 9.36. The Balaban J connectivity index is 0.00000192. The van der Waals surface area contributed by atoms with Crippen LogP contribution in [0.5, 0.6) is 5.75 Å². The Morgan fingerprint density at radius 2 is 1.87 bits per heavy atom. The van der Waals surface area contributed by atoms with Crippen LogP contribution in [0.3, 0.4) is 0 Å². The number of aromatic nitrogens is 1. The third-order valence-corrected chi connectivity index (χ3v) is 3.65. The van der Waals surface area contributed by atoms with Crippen LogP contribution in [0.1, 0.15) is 11.3 Å². The number of fused-ring (bicyclic) bond motifs is 1. The number of aliphatic carboxylic acids is 1. The van der Waals surface area contributed by atoms with E-state index in [2.05, 4.69) is 4.98 Å². The summed E-state index contributed by atoms with van der Waals surface area (Å²) in [6.45, 7) is 0. The first kappa shape index (κ1) is 18.0. The molecular weight excluding hydrogens is 321 g/mol. The van der Waals surface area contributed by atoms with Crippen molar-refractivity contribution in [1.82, 2.24) is 4.98 Å². The van der Waals surface area contributed by atoms with Crippen molar-refractivity contribution in [2.24, 2.45) is 0 Å². The summed E-state index contributed by atoms with van der Waals surface area (Å²) in [7, 11) is 1.60. The van der Waals surface area contributed by atoms with Crippen LogP contribution >= 0.6 is 0 Å². The minimum atomic E-state index is -1.71. The second-order valence-electron chi connectivity index (χ2n) is 4.85. The fourth-order valence-corrected chi connectivity index (χ4v) is 2.58. The Kier molecular flexibility index (Phi) is 5.88. The van der Waals surface area contributed by atoms with E-state index in [0.29, 0.717) is 12.1 Å². The number of pyridine rings is 1. The monoisotopic (exact) mass is 333 g/mol. The van der Waals surface area contributed by atoms with Crippen molar-refractivity contribution in [2.45, 2.75) is 6.42 Å². The molecule has 1 aromatic carbocycles. The average Bonchev–Trinajstić information content (AvgIpc) is 2.98. The average molecular weight is 333 g/mol. The number of ketones is 1. The molecule has 0 aliphatic heterocycles. The van der Waals surface area contributed by atoms with E-state index in [0.717, 1.165) is 22.4 Å². The molecule has 0 saturated carbocycles. The molecule has 0 bridgehead atoms. The third-order valence-electron chi connectivity index (χ3n) is 3.65. The number of carboxylic acids is 1. The quantitative estimate of drug-likeness (QED) is 0.479. The Bertz CT molecular complexity index is 797. The summed E-state index contributed by atoms with van der Waals surface area (Å²) in [5.74, 6) is -1.99. The van der Waals surface area contributed by atoms with Gasteiger partial charge in [0.25, 0.3) is 0 Å². The number of benzene rings is 1. The molecule has 0 unspecified atom stereocenters. The van der Waals surface area contributed by atoms with Gasteiger partial charge in [-0.25, -0.2) is 0 Å². The van der Waals surface area contributed by atoms with Crippen molar-refractivity contribution >= 4 is 17.3 Å². The maximum atomic E-state index is 11.7. The van der Waals surface area contributed by atoms with Crippen LogP contribution in [0.15, 0.2) is 42.6 Å². The van der Waals surface area contributed by atoms with Crippen LogP contribution in [0, 0.1) is 0 Å². The van der Waals surface area contributed by atoms with Gasteiger partial charge in [-0.3, -0.25) is 9.78 Å². The van der Waals surface area contributed by atoms with Crippen LogP contribution < -0.4 is 61.2 Å². The number of carbonyl (C=O) groups excluding carboxylic acids is 2. The molecule has 0 spiro atoms. The van der Waals surface area contributed by atoms with Gasteiger partial charge in [-0.05, 0) is 41.3 Å². The molecular formula is C17H12KNO4. The van der Waals surface area contributed by atoms with Crippen LogP contribution in [-0.4, -0.2) is 23.8 Å². The summed E-state index contributed by atoms with van der Waals surface area (Å²) in [5.41, 5.74) is 3.24. The molecule has 2 aromatic rings. The first-order chi connectivity index (χ1) is 10.6. The van der Waals surface area contributed by atoms with Crippen LogP contribution in [0.2, 0.25) is 0 Å². The molecule has 1 aliphatic carbocycles. The molecule has 5 nitrogen and oxygen atoms in total. The standard InChI is InChI=1S/C17H13NO4.K/c1-22-11-4-2-10(3-5-11)12-8-9-18-15-13(12)6-7-14(15)16(19)17(20)21;/h2-5,7-9H,6H2,1H3,(H,20,21);/q;+1/p-1. The topological polar surface area (TPSA) is 79.3 Å². The molecule has 23 heavy (non-hydrogen) atoms. The zero-order valence-electron chi connectivity index (χ0n) is 12.8. The molecule has 1 aliphatic rings. The minimum Gasteiger partial charge on any atom is -0.541 e. The van der Waals surface area contributed by atoms with Gasteiger partial charge in [-0.1, -0.05) is 18.2 Å². The fraction of sp³-hybridized carbons (Fsp3) is 0.118. The second-order valence-corrected chi connectivity index (χ2v) is 4.85. The summed E-state index contributed by atoms with van der Waals surface area (Å²) in [5, 5.41) is 10.8. The molecule has 0 fully saturated rings. The van der Waals surface area contributed by atoms with Gasteiger partial charge in [0, 0.05) is 11.8 Å². The summed E-state index contributed by atoms with van der Waals surface area (Å²) >= 11 is 0. The number of carbonyl (C=O) groups is 2. The van der Waals surface area contributed by atoms with Gasteiger partial charge in [0.1, 0.15) is 11.7 Å². The molecule has 0 N–H and O–H groups in total. The molecule has 110 valence electrons. The zero-order chi connectivity index (χ0) is 15.7. The largest absolute Gasteiger partial charge is 1.00 e. The van der Waals surface area contributed by atoms with Crippen molar-refractivity contribution in [1.29, 1.82) is 0 Å². The van der Waals surface area contributed by atoms with Crippen LogP contribution in [0.25, 0.3) is 16.7 Å². The predicted octanol–water partition coefficient (Wildman–Crippen LogP) is -1.98. The van der Waals surface area contributed by atoms with Gasteiger partial charge in [-0.15, -0.1) is 0 Å². The second kappa shape index (κ2) is 7.50. The van der Waals surface area contributed by atoms with Crippen LogP contribution in [-0.2, 0) is 16.0 Å². The maximum absolute atomic E-state index is 11.7. The SMILES string of the molecule is COc1ccc(-c2ccnc3c2CC=C3C(=O)C(=O)[O-])cc1.[K+].